The first-order valence-electron chi connectivity index (χ1n) is 7.07. The molecule has 120 valence electrons. The van der Waals surface area contributed by atoms with Gasteiger partial charge >= 0.3 is 11.5 Å². The second kappa shape index (κ2) is 6.81. The number of carbonyl (C=O) groups excluding carboxylic acids is 1. The summed E-state index contributed by atoms with van der Waals surface area (Å²) in [5, 5.41) is 2.29. The Morgan fingerprint density at radius 2 is 2.00 bits per heavy atom. The average molecular weight is 324 g/mol. The Kier molecular flexibility index (Phi) is 5.29. The first kappa shape index (κ1) is 16.3. The van der Waals surface area contributed by atoms with Gasteiger partial charge in [0.2, 0.25) is 11.0 Å². The Labute approximate surface area is 124 Å². The molecule has 4 atom stereocenters. The molecule has 0 heterocycles. The molecule has 2 aliphatic carbocycles. The van der Waals surface area contributed by atoms with Crippen LogP contribution >= 0.6 is 0 Å². The fraction of sp³-hybridized carbons (Fsp3) is 0.769. The lowest BCUT2D eigenvalue weighted by molar-refractivity contribution is -0.0391. The first-order valence-corrected chi connectivity index (χ1v) is 8.22. The van der Waals surface area contributed by atoms with E-state index in [2.05, 4.69) is 17.5 Å². The van der Waals surface area contributed by atoms with Crippen LogP contribution in [-0.4, -0.2) is 22.3 Å². The van der Waals surface area contributed by atoms with Gasteiger partial charge in [-0.3, -0.25) is 0 Å². The van der Waals surface area contributed by atoms with Crippen molar-refractivity contribution >= 4 is 17.0 Å². The fourth-order valence-corrected chi connectivity index (χ4v) is 3.49. The zero-order chi connectivity index (χ0) is 15.5. The van der Waals surface area contributed by atoms with Gasteiger partial charge in [-0.05, 0) is 43.4 Å². The summed E-state index contributed by atoms with van der Waals surface area (Å²) in [6.45, 7) is 0.289. The third kappa shape index (κ3) is 4.72. The number of carbonyl (C=O) groups is 1. The predicted molar refractivity (Wildman–Crippen MR) is 73.4 cm³/mol. The lowest BCUT2D eigenvalue weighted by atomic mass is 9.89. The van der Waals surface area contributed by atoms with Crippen molar-refractivity contribution in [3.63, 3.8) is 0 Å². The van der Waals surface area contributed by atoms with Crippen molar-refractivity contribution in [2.45, 2.75) is 37.6 Å². The molecule has 0 aromatic carbocycles. The maximum Gasteiger partial charge on any atom is 0.490 e. The maximum absolute atomic E-state index is 12.0. The molecule has 4 unspecified atom stereocenters. The van der Waals surface area contributed by atoms with Crippen LogP contribution in [0.3, 0.4) is 0 Å². The molecule has 0 aromatic rings. The topological polar surface area (TPSA) is 58.2 Å². The number of fused-ring (bicyclic) bond motifs is 2. The van der Waals surface area contributed by atoms with Crippen LogP contribution < -0.4 is 10.0 Å². The Morgan fingerprint density at radius 3 is 2.57 bits per heavy atom. The molecule has 8 heteroatoms. The Morgan fingerprint density at radius 1 is 1.24 bits per heavy atom. The predicted octanol–water partition coefficient (Wildman–Crippen LogP) is 2.85. The van der Waals surface area contributed by atoms with Crippen LogP contribution in [0, 0.1) is 17.8 Å². The second-order valence-electron chi connectivity index (χ2n) is 5.61. The van der Waals surface area contributed by atoms with Gasteiger partial charge in [0.15, 0.2) is 0 Å². The van der Waals surface area contributed by atoms with Gasteiger partial charge in [-0.2, -0.15) is 13.2 Å². The van der Waals surface area contributed by atoms with Gasteiger partial charge in [-0.1, -0.05) is 18.6 Å². The summed E-state index contributed by atoms with van der Waals surface area (Å²) in [5.74, 6) is 2.15. The molecular formula is C13H19F3N2O2S. The maximum atomic E-state index is 12.0. The van der Waals surface area contributed by atoms with Crippen LogP contribution in [0.4, 0.5) is 18.0 Å². The third-order valence-corrected chi connectivity index (χ3v) is 4.89. The van der Waals surface area contributed by atoms with E-state index in [1.165, 1.54) is 17.6 Å². The Bertz CT molecular complexity index is 440. The Balaban J connectivity index is 1.53. The number of alkyl halides is 3. The largest absolute Gasteiger partial charge is 0.490 e. The lowest BCUT2D eigenvalue weighted by Crippen LogP contribution is -2.41. The molecule has 4 nitrogen and oxygen atoms in total. The number of hydrogen-bond acceptors (Lipinski definition) is 2. The monoisotopic (exact) mass is 324 g/mol. The van der Waals surface area contributed by atoms with E-state index in [4.69, 9.17) is 0 Å². The van der Waals surface area contributed by atoms with Crippen molar-refractivity contribution in [2.75, 3.05) is 6.54 Å². The smallest absolute Gasteiger partial charge is 0.337 e. The van der Waals surface area contributed by atoms with E-state index in [9.17, 15) is 22.2 Å². The number of rotatable bonds is 6. The summed E-state index contributed by atoms with van der Waals surface area (Å²) in [4.78, 5) is 11.1. The summed E-state index contributed by atoms with van der Waals surface area (Å²) in [6, 6.07) is -1.05. The normalized spacial score (nSPS) is 28.6. The number of halogens is 3. The average Bonchev–Trinajstić information content (AvgIpc) is 2.99. The molecule has 1 fully saturated rings. The van der Waals surface area contributed by atoms with Crippen LogP contribution in [0.5, 0.6) is 0 Å². The van der Waals surface area contributed by atoms with E-state index in [1.807, 2.05) is 0 Å². The summed E-state index contributed by atoms with van der Waals surface area (Å²) < 4.78 is 47.8. The highest BCUT2D eigenvalue weighted by molar-refractivity contribution is 7.84. The van der Waals surface area contributed by atoms with Crippen molar-refractivity contribution in [3.05, 3.63) is 12.2 Å². The van der Waals surface area contributed by atoms with Crippen molar-refractivity contribution in [1.29, 1.82) is 0 Å². The zero-order valence-electron chi connectivity index (χ0n) is 11.5. The van der Waals surface area contributed by atoms with Crippen molar-refractivity contribution in [2.24, 2.45) is 17.8 Å². The molecule has 0 aromatic heterocycles. The van der Waals surface area contributed by atoms with Gasteiger partial charge in [0.1, 0.15) is 0 Å². The van der Waals surface area contributed by atoms with Crippen LogP contribution in [-0.2, 0) is 11.0 Å². The minimum absolute atomic E-state index is 0.289. The third-order valence-electron chi connectivity index (χ3n) is 4.10. The molecule has 0 radical (unpaired) electrons. The van der Waals surface area contributed by atoms with E-state index < -0.39 is 22.5 Å². The highest BCUT2D eigenvalue weighted by atomic mass is 32.2. The molecule has 2 aliphatic rings. The van der Waals surface area contributed by atoms with E-state index in [0.29, 0.717) is 18.3 Å². The summed E-state index contributed by atoms with van der Waals surface area (Å²) in [7, 11) is -3.35. The number of hydrogen-bond donors (Lipinski definition) is 2. The first-order chi connectivity index (χ1) is 9.86. The van der Waals surface area contributed by atoms with Crippen LogP contribution in [0.25, 0.3) is 0 Å². The van der Waals surface area contributed by atoms with Crippen molar-refractivity contribution in [1.82, 2.24) is 10.0 Å². The SMILES string of the molecule is O=C(NCCCCC1CC2C=CC1C2)NS(=O)C(F)(F)F. The number of urea groups is 1. The minimum atomic E-state index is -4.92. The van der Waals surface area contributed by atoms with Gasteiger partial charge in [0, 0.05) is 6.54 Å². The molecule has 2 rings (SSSR count). The van der Waals surface area contributed by atoms with Gasteiger partial charge in [0.05, 0.1) is 0 Å². The van der Waals surface area contributed by atoms with Crippen LogP contribution in [0.15, 0.2) is 12.2 Å². The number of nitrogens with one attached hydrogen (secondary N) is 2. The number of amides is 2. The standard InChI is InChI=1S/C13H19F3N2O2S/c14-13(15,16)21(20)18-12(19)17-6-2-1-3-10-7-9-4-5-11(10)8-9/h4-5,9-11H,1-3,6-8H2,(H2,17,18,19). The van der Waals surface area contributed by atoms with Crippen molar-refractivity contribution in [3.8, 4) is 0 Å². The fourth-order valence-electron chi connectivity index (χ4n) is 3.14. The molecule has 1 saturated carbocycles. The molecule has 21 heavy (non-hydrogen) atoms. The van der Waals surface area contributed by atoms with Gasteiger partial charge in [-0.25, -0.2) is 13.7 Å². The highest BCUT2D eigenvalue weighted by Gasteiger charge is 2.38. The molecule has 2 N–H and O–H groups in total. The molecule has 0 spiro atoms. The van der Waals surface area contributed by atoms with Gasteiger partial charge in [0.25, 0.3) is 0 Å². The van der Waals surface area contributed by atoms with Gasteiger partial charge < -0.3 is 5.32 Å². The molecule has 0 aliphatic heterocycles. The highest BCUT2D eigenvalue weighted by Crippen LogP contribution is 2.45. The molecule has 2 bridgehead atoms. The van der Waals surface area contributed by atoms with Crippen molar-refractivity contribution < 1.29 is 22.2 Å². The number of unbranched alkanes of at least 4 members (excludes halogenated alkanes) is 1. The van der Waals surface area contributed by atoms with E-state index in [0.717, 1.165) is 18.8 Å². The van der Waals surface area contributed by atoms with E-state index in [-0.39, 0.29) is 6.54 Å². The van der Waals surface area contributed by atoms with Crippen LogP contribution in [0.2, 0.25) is 0 Å². The molecule has 2 amide bonds. The zero-order valence-corrected chi connectivity index (χ0v) is 12.3. The van der Waals surface area contributed by atoms with Crippen LogP contribution in [0.1, 0.15) is 32.1 Å². The minimum Gasteiger partial charge on any atom is -0.337 e. The Hall–Kier alpha value is -1.05. The quantitative estimate of drug-likeness (QED) is 0.583. The summed E-state index contributed by atoms with van der Waals surface area (Å²) >= 11 is 0. The molecular weight excluding hydrogens is 305 g/mol. The van der Waals surface area contributed by atoms with E-state index in [1.54, 1.807) is 0 Å². The lowest BCUT2D eigenvalue weighted by Gasteiger charge is -2.17. The number of allylic oxidation sites excluding steroid dienone is 2. The summed E-state index contributed by atoms with van der Waals surface area (Å²) in [6.07, 6.45) is 9.80. The second-order valence-corrected chi connectivity index (χ2v) is 6.81. The summed E-state index contributed by atoms with van der Waals surface area (Å²) in [5.41, 5.74) is -4.92. The molecule has 0 saturated heterocycles. The van der Waals surface area contributed by atoms with E-state index >= 15 is 0 Å². The van der Waals surface area contributed by atoms with Gasteiger partial charge in [-0.15, -0.1) is 0 Å².